The van der Waals surface area contributed by atoms with E-state index in [1.54, 1.807) is 0 Å². The molecule has 0 saturated heterocycles. The quantitative estimate of drug-likeness (QED) is 0.188. The predicted molar refractivity (Wildman–Crippen MR) is 213 cm³/mol. The standard InChI is InChI=1S/C47H31N5/c1-2-12-30(13-3-1)50-40-25-24-29-28-34(29)46(40)47-42(50)27-26-41-45(47)33-16-6-9-21-39(33)52(41)44-23-11-18-36(49-44)35-17-10-22-43(48-35)51-37-19-7-4-14-31(37)32-15-5-8-20-38(32)51/h1-27,29,34H,28H2. The molecule has 244 valence electrons. The molecular formula is C47H31N5. The zero-order valence-electron chi connectivity index (χ0n) is 28.2. The van der Waals surface area contributed by atoms with E-state index in [0.717, 1.165) is 39.6 Å². The van der Waals surface area contributed by atoms with Gasteiger partial charge in [-0.2, -0.15) is 0 Å². The number of fused-ring (bicyclic) bond motifs is 12. The number of allylic oxidation sites excluding steroid dienone is 1. The molecule has 5 heteroatoms. The van der Waals surface area contributed by atoms with E-state index in [-0.39, 0.29) is 0 Å². The maximum Gasteiger partial charge on any atom is 0.138 e. The van der Waals surface area contributed by atoms with Gasteiger partial charge in [-0.3, -0.25) is 9.13 Å². The molecule has 1 saturated carbocycles. The molecular weight excluding hydrogens is 635 g/mol. The SMILES string of the molecule is C1=CC2CC2c2c1n(-c1ccccc1)c1ccc3c(c4ccccc4n3-c3cccc(-c4cccc(-n5c6ccccc6c6ccccc65)n4)n3)c21. The molecule has 52 heavy (non-hydrogen) atoms. The molecule has 2 atom stereocenters. The number of para-hydroxylation sites is 4. The molecule has 12 rings (SSSR count). The lowest BCUT2D eigenvalue weighted by Gasteiger charge is -2.11. The van der Waals surface area contributed by atoms with Gasteiger partial charge in [0.15, 0.2) is 0 Å². The minimum absolute atomic E-state index is 0.564. The predicted octanol–water partition coefficient (Wildman–Crippen LogP) is 11.4. The van der Waals surface area contributed by atoms with Crippen LogP contribution in [0.3, 0.4) is 0 Å². The van der Waals surface area contributed by atoms with E-state index in [1.165, 1.54) is 61.3 Å². The van der Waals surface area contributed by atoms with E-state index in [1.807, 2.05) is 0 Å². The van der Waals surface area contributed by atoms with E-state index in [0.29, 0.717) is 11.8 Å². The molecule has 0 radical (unpaired) electrons. The Hall–Kier alpha value is -6.72. The van der Waals surface area contributed by atoms with Crippen LogP contribution < -0.4 is 0 Å². The molecule has 2 aliphatic rings. The molecule has 0 N–H and O–H groups in total. The summed E-state index contributed by atoms with van der Waals surface area (Å²) in [4.78, 5) is 10.6. The highest BCUT2D eigenvalue weighted by Crippen LogP contribution is 2.57. The third-order valence-electron chi connectivity index (χ3n) is 11.3. The molecule has 5 nitrogen and oxygen atoms in total. The first-order chi connectivity index (χ1) is 25.8. The van der Waals surface area contributed by atoms with Gasteiger partial charge in [-0.05, 0) is 96.6 Å². The number of aromatic nitrogens is 5. The summed E-state index contributed by atoms with van der Waals surface area (Å²) in [6.07, 6.45) is 6.01. The van der Waals surface area contributed by atoms with Gasteiger partial charge in [-0.1, -0.05) is 91.0 Å². The normalized spacial score (nSPS) is 16.3. The molecule has 0 spiro atoms. The summed E-state index contributed by atoms with van der Waals surface area (Å²) in [5.74, 6) is 2.96. The van der Waals surface area contributed by atoms with E-state index in [9.17, 15) is 0 Å². The summed E-state index contributed by atoms with van der Waals surface area (Å²) in [6.45, 7) is 0. The molecule has 2 aliphatic carbocycles. The van der Waals surface area contributed by atoms with Crippen molar-refractivity contribution in [3.8, 4) is 28.7 Å². The van der Waals surface area contributed by atoms with E-state index >= 15 is 0 Å². The number of hydrogen-bond donors (Lipinski definition) is 0. The van der Waals surface area contributed by atoms with E-state index in [2.05, 4.69) is 178 Å². The van der Waals surface area contributed by atoms with Gasteiger partial charge in [-0.25, -0.2) is 9.97 Å². The van der Waals surface area contributed by atoms with Crippen LogP contribution in [0.1, 0.15) is 23.6 Å². The van der Waals surface area contributed by atoms with Gasteiger partial charge in [-0.15, -0.1) is 0 Å². The average molecular weight is 666 g/mol. The number of hydrogen-bond acceptors (Lipinski definition) is 2. The Balaban J connectivity index is 1.07. The Morgan fingerprint density at radius 2 is 0.981 bits per heavy atom. The minimum atomic E-state index is 0.564. The second-order valence-electron chi connectivity index (χ2n) is 14.2. The first kappa shape index (κ1) is 28.0. The van der Waals surface area contributed by atoms with Crippen LogP contribution in [0.4, 0.5) is 0 Å². The van der Waals surface area contributed by atoms with Crippen LogP contribution in [0.15, 0.2) is 158 Å². The third-order valence-corrected chi connectivity index (χ3v) is 11.3. The van der Waals surface area contributed by atoms with Gasteiger partial charge >= 0.3 is 0 Å². The van der Waals surface area contributed by atoms with Gasteiger partial charge in [0.2, 0.25) is 0 Å². The van der Waals surface area contributed by atoms with Gasteiger partial charge in [0.05, 0.1) is 44.7 Å². The lowest BCUT2D eigenvalue weighted by Crippen LogP contribution is -2.01. The topological polar surface area (TPSA) is 40.6 Å². The summed E-state index contributed by atoms with van der Waals surface area (Å²) in [7, 11) is 0. The zero-order chi connectivity index (χ0) is 33.9. The molecule has 5 aromatic heterocycles. The molecule has 5 aromatic carbocycles. The fourth-order valence-corrected chi connectivity index (χ4v) is 9.05. The minimum Gasteiger partial charge on any atom is -0.310 e. The number of pyridine rings is 2. The lowest BCUT2D eigenvalue weighted by molar-refractivity contribution is 0.976. The van der Waals surface area contributed by atoms with Crippen molar-refractivity contribution in [2.45, 2.75) is 12.3 Å². The fourth-order valence-electron chi connectivity index (χ4n) is 9.05. The molecule has 0 bridgehead atoms. The maximum absolute atomic E-state index is 5.35. The van der Waals surface area contributed by atoms with Crippen molar-refractivity contribution >= 4 is 60.6 Å². The first-order valence-electron chi connectivity index (χ1n) is 18.1. The summed E-state index contributed by atoms with van der Waals surface area (Å²) in [5.41, 5.74) is 11.6. The highest BCUT2D eigenvalue weighted by Gasteiger charge is 2.43. The molecule has 1 fully saturated rings. The van der Waals surface area contributed by atoms with Crippen molar-refractivity contribution in [1.82, 2.24) is 23.7 Å². The van der Waals surface area contributed by atoms with Crippen LogP contribution in [0.25, 0.3) is 89.3 Å². The van der Waals surface area contributed by atoms with Crippen LogP contribution >= 0.6 is 0 Å². The maximum atomic E-state index is 5.35. The van der Waals surface area contributed by atoms with Crippen molar-refractivity contribution in [2.75, 3.05) is 0 Å². The summed E-state index contributed by atoms with van der Waals surface area (Å²) < 4.78 is 7.08. The number of benzene rings is 5. The average Bonchev–Trinajstić information content (AvgIpc) is 3.67. The Bertz CT molecular complexity index is 3070. The van der Waals surface area contributed by atoms with Gasteiger partial charge in [0, 0.05) is 32.6 Å². The smallest absolute Gasteiger partial charge is 0.138 e. The monoisotopic (exact) mass is 665 g/mol. The Morgan fingerprint density at radius 3 is 1.63 bits per heavy atom. The van der Waals surface area contributed by atoms with Crippen LogP contribution in [-0.4, -0.2) is 23.7 Å². The second kappa shape index (κ2) is 10.4. The fraction of sp³-hybridized carbons (Fsp3) is 0.0638. The Kier molecular flexibility index (Phi) is 5.61. The Labute approximate surface area is 299 Å². The summed E-state index contributed by atoms with van der Waals surface area (Å²) in [6, 6.07) is 53.9. The second-order valence-corrected chi connectivity index (χ2v) is 14.2. The van der Waals surface area contributed by atoms with Crippen LogP contribution in [0.2, 0.25) is 0 Å². The Morgan fingerprint density at radius 1 is 0.442 bits per heavy atom. The van der Waals surface area contributed by atoms with Gasteiger partial charge in [0.1, 0.15) is 11.6 Å². The van der Waals surface area contributed by atoms with Crippen molar-refractivity contribution in [3.05, 3.63) is 169 Å². The van der Waals surface area contributed by atoms with E-state index < -0.39 is 0 Å². The largest absolute Gasteiger partial charge is 0.310 e. The molecule has 0 aliphatic heterocycles. The molecule has 2 unspecified atom stereocenters. The lowest BCUT2D eigenvalue weighted by atomic mass is 9.97. The van der Waals surface area contributed by atoms with Gasteiger partial charge in [0.25, 0.3) is 0 Å². The molecule has 0 amide bonds. The van der Waals surface area contributed by atoms with Crippen molar-refractivity contribution in [2.24, 2.45) is 5.92 Å². The molecule has 10 aromatic rings. The first-order valence-corrected chi connectivity index (χ1v) is 18.1. The van der Waals surface area contributed by atoms with Crippen LogP contribution in [0.5, 0.6) is 0 Å². The zero-order valence-corrected chi connectivity index (χ0v) is 28.2. The number of nitrogens with zero attached hydrogens (tertiary/aromatic N) is 5. The van der Waals surface area contributed by atoms with E-state index in [4.69, 9.17) is 9.97 Å². The van der Waals surface area contributed by atoms with Crippen LogP contribution in [-0.2, 0) is 0 Å². The van der Waals surface area contributed by atoms with Crippen molar-refractivity contribution in [3.63, 3.8) is 0 Å². The van der Waals surface area contributed by atoms with Crippen LogP contribution in [0, 0.1) is 5.92 Å². The van der Waals surface area contributed by atoms with Gasteiger partial charge < -0.3 is 4.57 Å². The molecule has 5 heterocycles. The number of rotatable bonds is 4. The van der Waals surface area contributed by atoms with Crippen molar-refractivity contribution < 1.29 is 0 Å². The summed E-state index contributed by atoms with van der Waals surface area (Å²) >= 11 is 0. The highest BCUT2D eigenvalue weighted by molar-refractivity contribution is 6.23. The third kappa shape index (κ3) is 3.82. The van der Waals surface area contributed by atoms with Crippen molar-refractivity contribution in [1.29, 1.82) is 0 Å². The highest BCUT2D eigenvalue weighted by atomic mass is 15.1. The summed E-state index contributed by atoms with van der Waals surface area (Å²) in [5, 5.41) is 6.37.